The van der Waals surface area contributed by atoms with E-state index in [4.69, 9.17) is 0 Å². The molecule has 0 bridgehead atoms. The molecule has 1 heterocycles. The molecule has 4 saturated carbocycles. The van der Waals surface area contributed by atoms with Gasteiger partial charge in [-0.05, 0) is 138 Å². The molecule has 7 rings (SSSR count). The van der Waals surface area contributed by atoms with Crippen LogP contribution in [0.25, 0.3) is 5.57 Å². The van der Waals surface area contributed by atoms with Gasteiger partial charge in [0, 0.05) is 19.6 Å². The Morgan fingerprint density at radius 2 is 1.61 bits per heavy atom. The zero-order valence-electron chi connectivity index (χ0n) is 29.0. The first kappa shape index (κ1) is 32.6. The lowest BCUT2D eigenvalue weighted by Crippen LogP contribution is -2.66. The molecular weight excluding hydrogens is 591 g/mol. The lowest BCUT2D eigenvalue weighted by atomic mass is 9.32. The summed E-state index contributed by atoms with van der Waals surface area (Å²) in [4.78, 5) is 14.0. The fourth-order valence-electron chi connectivity index (χ4n) is 13.6. The first-order chi connectivity index (χ1) is 21.6. The second-order valence-electron chi connectivity index (χ2n) is 17.8. The van der Waals surface area contributed by atoms with E-state index in [1.807, 2.05) is 12.1 Å². The average Bonchev–Trinajstić information content (AvgIpc) is 3.37. The highest BCUT2D eigenvalue weighted by molar-refractivity contribution is 7.91. The van der Waals surface area contributed by atoms with Crippen molar-refractivity contribution < 1.29 is 18.3 Å². The highest BCUT2D eigenvalue weighted by atomic mass is 32.2. The Labute approximate surface area is 278 Å². The Balaban J connectivity index is 1.19. The first-order valence-electron chi connectivity index (χ1n) is 18.2. The number of fused-ring (bicyclic) bond motifs is 7. The van der Waals surface area contributed by atoms with E-state index in [2.05, 4.69) is 58.2 Å². The molecule has 6 aliphatic rings. The van der Waals surface area contributed by atoms with E-state index in [1.54, 1.807) is 12.1 Å². The Morgan fingerprint density at radius 1 is 0.913 bits per heavy atom. The van der Waals surface area contributed by atoms with Crippen molar-refractivity contribution in [1.82, 2.24) is 4.90 Å². The number of carbonyl (C=O) groups is 1. The van der Waals surface area contributed by atoms with Gasteiger partial charge in [0.1, 0.15) is 0 Å². The number of allylic oxidation sites excluding steroid dienone is 3. The second-order valence-corrected chi connectivity index (χ2v) is 20.2. The molecule has 0 spiro atoms. The molecule has 1 aromatic rings. The molecule has 5 nitrogen and oxygen atoms in total. The summed E-state index contributed by atoms with van der Waals surface area (Å²) in [5.41, 5.74) is 4.02. The Bertz CT molecular complexity index is 1530. The zero-order chi connectivity index (χ0) is 32.9. The summed E-state index contributed by atoms with van der Waals surface area (Å²) >= 11 is 0. The number of carboxylic acid groups (broad SMARTS) is 1. The fraction of sp³-hybridized carbons (Fsp3) is 0.725. The monoisotopic (exact) mass is 647 g/mol. The van der Waals surface area contributed by atoms with Gasteiger partial charge < -0.3 is 10.0 Å². The van der Waals surface area contributed by atoms with E-state index in [0.29, 0.717) is 59.7 Å². The summed E-state index contributed by atoms with van der Waals surface area (Å²) < 4.78 is 24.5. The second kappa shape index (κ2) is 10.8. The average molecular weight is 648 g/mol. The van der Waals surface area contributed by atoms with E-state index in [9.17, 15) is 18.3 Å². The van der Waals surface area contributed by atoms with Crippen LogP contribution >= 0.6 is 0 Å². The van der Waals surface area contributed by atoms with E-state index in [1.165, 1.54) is 62.5 Å². The maximum absolute atomic E-state index is 12.2. The minimum absolute atomic E-state index is 0.0137. The summed E-state index contributed by atoms with van der Waals surface area (Å²) in [6, 6.07) is 7.57. The predicted molar refractivity (Wildman–Crippen MR) is 186 cm³/mol. The van der Waals surface area contributed by atoms with Crippen LogP contribution in [0.3, 0.4) is 0 Å². The van der Waals surface area contributed by atoms with Gasteiger partial charge in [-0.15, -0.1) is 6.58 Å². The van der Waals surface area contributed by atoms with Crippen LogP contribution < -0.4 is 0 Å². The maximum Gasteiger partial charge on any atom is 0.335 e. The normalized spacial score (nSPS) is 44.5. The summed E-state index contributed by atoms with van der Waals surface area (Å²) in [5.74, 6) is 2.93. The summed E-state index contributed by atoms with van der Waals surface area (Å²) in [6.07, 6.45) is 16.1. The molecule has 5 fully saturated rings. The van der Waals surface area contributed by atoms with Crippen LogP contribution in [-0.4, -0.2) is 55.5 Å². The molecule has 0 radical (unpaired) electrons. The largest absolute Gasteiger partial charge is 0.478 e. The number of carboxylic acids is 1. The van der Waals surface area contributed by atoms with Crippen molar-refractivity contribution in [2.45, 2.75) is 92.4 Å². The van der Waals surface area contributed by atoms with Gasteiger partial charge in [0.25, 0.3) is 0 Å². The first-order valence-corrected chi connectivity index (χ1v) is 20.0. The van der Waals surface area contributed by atoms with Gasteiger partial charge in [0.05, 0.1) is 17.1 Å². The van der Waals surface area contributed by atoms with E-state index < -0.39 is 15.8 Å². The van der Waals surface area contributed by atoms with Crippen LogP contribution in [0.1, 0.15) is 108 Å². The maximum atomic E-state index is 12.2. The van der Waals surface area contributed by atoms with Crippen LogP contribution in [0.2, 0.25) is 0 Å². The van der Waals surface area contributed by atoms with Crippen LogP contribution in [0.15, 0.2) is 43.0 Å². The van der Waals surface area contributed by atoms with Crippen molar-refractivity contribution in [3.63, 3.8) is 0 Å². The van der Waals surface area contributed by atoms with Crippen molar-refractivity contribution in [2.24, 2.45) is 56.7 Å². The SMILES string of the molecule is C=C[C@@H]1CC[C@]2(CN3CCS(=O)(=O)CC3)CC[C@]3(C)[C@H](CC[C@@H]4[C@@]5(C)CC=C(c6ccc(C(=O)O)cc6)C(C)(C)[C@@H]5CC[C@]43C)[C@@H]12. The van der Waals surface area contributed by atoms with Crippen molar-refractivity contribution >= 4 is 21.4 Å². The molecule has 252 valence electrons. The number of hydrogen-bond acceptors (Lipinski definition) is 4. The number of aromatic carboxylic acids is 1. The smallest absolute Gasteiger partial charge is 0.335 e. The fourth-order valence-corrected chi connectivity index (χ4v) is 14.8. The molecule has 9 atom stereocenters. The third kappa shape index (κ3) is 4.61. The summed E-state index contributed by atoms with van der Waals surface area (Å²) in [6.45, 7) is 19.8. The van der Waals surface area contributed by atoms with Crippen LogP contribution in [0, 0.1) is 56.7 Å². The Kier molecular flexibility index (Phi) is 7.65. The Morgan fingerprint density at radius 3 is 2.26 bits per heavy atom. The van der Waals surface area contributed by atoms with Gasteiger partial charge in [0.2, 0.25) is 0 Å². The van der Waals surface area contributed by atoms with Crippen LogP contribution in [0.5, 0.6) is 0 Å². The minimum Gasteiger partial charge on any atom is -0.478 e. The molecule has 1 aromatic carbocycles. The minimum atomic E-state index is -2.88. The van der Waals surface area contributed by atoms with Gasteiger partial charge in [-0.2, -0.15) is 0 Å². The molecule has 5 aliphatic carbocycles. The molecule has 0 aromatic heterocycles. The highest BCUT2D eigenvalue weighted by Gasteiger charge is 2.70. The van der Waals surface area contributed by atoms with Crippen LogP contribution in [0.4, 0.5) is 0 Å². The standard InChI is InChI=1S/C40H57NO4S/c1-7-27-14-19-40(26-41-22-24-46(44,45)25-23-41)21-20-38(5)31(34(27)40)12-13-33-37(4)17-15-30(28-8-10-29(11-9-28)35(42)43)36(2,3)32(37)16-18-39(33,38)6/h7-11,15,27,31-34H,1,12-14,16-26H2,2-6H3,(H,42,43)/t27-,31-,32+,33-,34-,37+,38-,39-,40-/m1/s1. The van der Waals surface area contributed by atoms with Crippen molar-refractivity contribution in [2.75, 3.05) is 31.1 Å². The van der Waals surface area contributed by atoms with Crippen molar-refractivity contribution in [3.05, 3.63) is 54.1 Å². The quantitative estimate of drug-likeness (QED) is 0.325. The number of nitrogens with zero attached hydrogens (tertiary/aromatic N) is 1. The van der Waals surface area contributed by atoms with E-state index in [0.717, 1.165) is 13.0 Å². The van der Waals surface area contributed by atoms with Crippen molar-refractivity contribution in [1.29, 1.82) is 0 Å². The lowest BCUT2D eigenvalue weighted by molar-refractivity contribution is -0.226. The highest BCUT2D eigenvalue weighted by Crippen LogP contribution is 2.77. The van der Waals surface area contributed by atoms with Gasteiger partial charge in [-0.1, -0.05) is 58.9 Å². The molecular formula is C40H57NO4S. The molecule has 0 amide bonds. The lowest BCUT2D eigenvalue weighted by Gasteiger charge is -2.72. The third-order valence-corrected chi connectivity index (χ3v) is 17.6. The number of benzene rings is 1. The summed E-state index contributed by atoms with van der Waals surface area (Å²) in [7, 11) is -2.88. The van der Waals surface area contributed by atoms with E-state index in [-0.39, 0.29) is 27.1 Å². The van der Waals surface area contributed by atoms with Gasteiger partial charge >= 0.3 is 5.97 Å². The van der Waals surface area contributed by atoms with Crippen LogP contribution in [-0.2, 0) is 9.84 Å². The van der Waals surface area contributed by atoms with Gasteiger partial charge in [-0.3, -0.25) is 0 Å². The number of sulfone groups is 1. The number of rotatable bonds is 5. The molecule has 1 N–H and O–H groups in total. The number of hydrogen-bond donors (Lipinski definition) is 1. The molecule has 1 aliphatic heterocycles. The zero-order valence-corrected chi connectivity index (χ0v) is 29.8. The molecule has 6 heteroatoms. The Hall–Kier alpha value is -1.92. The van der Waals surface area contributed by atoms with Gasteiger partial charge in [0.15, 0.2) is 9.84 Å². The third-order valence-electron chi connectivity index (χ3n) is 16.0. The van der Waals surface area contributed by atoms with Crippen molar-refractivity contribution in [3.8, 4) is 0 Å². The summed E-state index contributed by atoms with van der Waals surface area (Å²) in [5, 5.41) is 9.46. The molecule has 1 saturated heterocycles. The topological polar surface area (TPSA) is 74.7 Å². The molecule has 46 heavy (non-hydrogen) atoms. The predicted octanol–water partition coefficient (Wildman–Crippen LogP) is 8.38. The van der Waals surface area contributed by atoms with Gasteiger partial charge in [-0.25, -0.2) is 13.2 Å². The van der Waals surface area contributed by atoms with E-state index >= 15 is 0 Å². The molecule has 0 unspecified atom stereocenters.